The number of carbonyl (C=O) groups is 1. The lowest BCUT2D eigenvalue weighted by atomic mass is 10.00. The molecule has 1 aromatic carbocycles. The van der Waals surface area contributed by atoms with Gasteiger partial charge in [-0.05, 0) is 55.2 Å². The average molecular weight is 428 g/mol. The van der Waals surface area contributed by atoms with Gasteiger partial charge in [0.25, 0.3) is 5.91 Å². The van der Waals surface area contributed by atoms with Crippen LogP contribution in [0.2, 0.25) is 0 Å². The number of benzene rings is 1. The second-order valence-corrected chi connectivity index (χ2v) is 9.49. The first-order chi connectivity index (χ1) is 14.4. The highest BCUT2D eigenvalue weighted by molar-refractivity contribution is 7.92. The lowest BCUT2D eigenvalue weighted by Crippen LogP contribution is -2.35. The first-order valence-corrected chi connectivity index (χ1v) is 11.9. The Balaban J connectivity index is 1.61. The van der Waals surface area contributed by atoms with Gasteiger partial charge in [-0.1, -0.05) is 19.4 Å². The van der Waals surface area contributed by atoms with Crippen LogP contribution in [-0.2, 0) is 16.4 Å². The van der Waals surface area contributed by atoms with E-state index in [1.165, 1.54) is 10.6 Å². The Morgan fingerprint density at radius 1 is 1.23 bits per heavy atom. The maximum atomic E-state index is 13.0. The largest absolute Gasteiger partial charge is 0.342 e. The molecule has 0 saturated heterocycles. The summed E-state index contributed by atoms with van der Waals surface area (Å²) in [5, 5.41) is 11.6. The standard InChI is InChI=1S/C21H25N5O3S/c1-3-7-17(20-24-23-19-9-4-5-12-25(19)20)22-21(27)16-10-11-18-15(14-16)8-6-13-26(18)30(2,28)29/h4-5,9-12,14,17H,3,6-8,13H2,1-2H3,(H,22,27). The summed E-state index contributed by atoms with van der Waals surface area (Å²) in [7, 11) is -3.33. The van der Waals surface area contributed by atoms with Crippen molar-refractivity contribution in [1.29, 1.82) is 0 Å². The molecule has 0 fully saturated rings. The summed E-state index contributed by atoms with van der Waals surface area (Å²) >= 11 is 0. The van der Waals surface area contributed by atoms with Crippen LogP contribution in [0.15, 0.2) is 42.6 Å². The van der Waals surface area contributed by atoms with Gasteiger partial charge in [0.1, 0.15) is 0 Å². The van der Waals surface area contributed by atoms with Crippen LogP contribution >= 0.6 is 0 Å². The number of amides is 1. The first-order valence-electron chi connectivity index (χ1n) is 10.1. The van der Waals surface area contributed by atoms with Gasteiger partial charge in [0.15, 0.2) is 11.5 Å². The van der Waals surface area contributed by atoms with Crippen molar-refractivity contribution >= 4 is 27.3 Å². The molecule has 1 aliphatic heterocycles. The molecule has 2 aromatic heterocycles. The monoisotopic (exact) mass is 427 g/mol. The van der Waals surface area contributed by atoms with Crippen LogP contribution in [0, 0.1) is 0 Å². The van der Waals surface area contributed by atoms with E-state index < -0.39 is 10.0 Å². The summed E-state index contributed by atoms with van der Waals surface area (Å²) in [5.41, 5.74) is 2.78. The molecule has 1 atom stereocenters. The van der Waals surface area contributed by atoms with Crippen molar-refractivity contribution in [2.75, 3.05) is 17.1 Å². The molecule has 0 aliphatic carbocycles. The van der Waals surface area contributed by atoms with E-state index in [1.54, 1.807) is 18.2 Å². The number of aromatic nitrogens is 3. The van der Waals surface area contributed by atoms with Gasteiger partial charge in [0.05, 0.1) is 18.0 Å². The van der Waals surface area contributed by atoms with E-state index in [1.807, 2.05) is 28.8 Å². The highest BCUT2D eigenvalue weighted by Crippen LogP contribution is 2.30. The third-order valence-corrected chi connectivity index (χ3v) is 6.53. The summed E-state index contributed by atoms with van der Waals surface area (Å²) in [6, 6.07) is 10.6. The van der Waals surface area contributed by atoms with Crippen molar-refractivity contribution in [3.05, 3.63) is 59.5 Å². The Morgan fingerprint density at radius 3 is 2.83 bits per heavy atom. The van der Waals surface area contributed by atoms with Crippen LogP contribution in [-0.4, -0.2) is 41.7 Å². The number of carbonyl (C=O) groups excluding carboxylic acids is 1. The quantitative estimate of drug-likeness (QED) is 0.652. The number of anilines is 1. The van der Waals surface area contributed by atoms with Gasteiger partial charge in [0, 0.05) is 18.3 Å². The molecule has 8 nitrogen and oxygen atoms in total. The number of aryl methyl sites for hydroxylation is 1. The predicted molar refractivity (Wildman–Crippen MR) is 115 cm³/mol. The zero-order valence-corrected chi connectivity index (χ0v) is 17.9. The highest BCUT2D eigenvalue weighted by Gasteiger charge is 2.26. The van der Waals surface area contributed by atoms with Gasteiger partial charge < -0.3 is 5.32 Å². The van der Waals surface area contributed by atoms with Gasteiger partial charge in [-0.3, -0.25) is 13.5 Å². The molecule has 0 spiro atoms. The molecule has 0 radical (unpaired) electrons. The molecule has 1 aliphatic rings. The Kier molecular flexibility index (Phi) is 5.46. The van der Waals surface area contributed by atoms with Gasteiger partial charge in [-0.2, -0.15) is 0 Å². The lowest BCUT2D eigenvalue weighted by Gasteiger charge is -2.29. The minimum Gasteiger partial charge on any atom is -0.342 e. The van der Waals surface area contributed by atoms with Crippen LogP contribution < -0.4 is 9.62 Å². The maximum absolute atomic E-state index is 13.0. The second kappa shape index (κ2) is 8.06. The Bertz CT molecular complexity index is 1190. The van der Waals surface area contributed by atoms with E-state index in [-0.39, 0.29) is 11.9 Å². The van der Waals surface area contributed by atoms with Crippen LogP contribution in [0.4, 0.5) is 5.69 Å². The SMILES string of the molecule is CCCC(NC(=O)c1ccc2c(c1)CCCN2S(C)(=O)=O)c1nnc2ccccn12. The van der Waals surface area contributed by atoms with Crippen molar-refractivity contribution in [3.8, 4) is 0 Å². The molecule has 3 aromatic rings. The molecule has 1 amide bonds. The summed E-state index contributed by atoms with van der Waals surface area (Å²) in [6.07, 6.45) is 6.18. The minimum absolute atomic E-state index is 0.208. The van der Waals surface area contributed by atoms with Crippen molar-refractivity contribution < 1.29 is 13.2 Å². The normalized spacial score (nSPS) is 15.1. The number of hydrogen-bond acceptors (Lipinski definition) is 5. The van der Waals surface area contributed by atoms with E-state index in [9.17, 15) is 13.2 Å². The van der Waals surface area contributed by atoms with Crippen molar-refractivity contribution in [2.24, 2.45) is 0 Å². The minimum atomic E-state index is -3.33. The molecular formula is C21H25N5O3S. The fourth-order valence-electron chi connectivity index (χ4n) is 3.94. The van der Waals surface area contributed by atoms with Crippen LogP contribution in [0.1, 0.15) is 54.0 Å². The van der Waals surface area contributed by atoms with E-state index in [0.29, 0.717) is 23.6 Å². The average Bonchev–Trinajstić information content (AvgIpc) is 3.16. The number of nitrogens with one attached hydrogen (secondary N) is 1. The number of nitrogens with zero attached hydrogens (tertiary/aromatic N) is 4. The summed E-state index contributed by atoms with van der Waals surface area (Å²) in [5.74, 6) is 0.488. The third-order valence-electron chi connectivity index (χ3n) is 5.35. The van der Waals surface area contributed by atoms with E-state index in [0.717, 1.165) is 36.9 Å². The first kappa shape index (κ1) is 20.3. The fourth-order valence-corrected chi connectivity index (χ4v) is 4.94. The van der Waals surface area contributed by atoms with Crippen molar-refractivity contribution in [3.63, 3.8) is 0 Å². The smallest absolute Gasteiger partial charge is 0.251 e. The number of fused-ring (bicyclic) bond motifs is 2. The van der Waals surface area contributed by atoms with E-state index in [2.05, 4.69) is 22.4 Å². The number of hydrogen-bond donors (Lipinski definition) is 1. The summed E-state index contributed by atoms with van der Waals surface area (Å²) in [6.45, 7) is 2.52. The Morgan fingerprint density at radius 2 is 2.07 bits per heavy atom. The Labute approximate surface area is 176 Å². The molecule has 9 heteroatoms. The van der Waals surface area contributed by atoms with Crippen molar-refractivity contribution in [2.45, 2.75) is 38.6 Å². The molecule has 30 heavy (non-hydrogen) atoms. The molecule has 1 unspecified atom stereocenters. The number of pyridine rings is 1. The van der Waals surface area contributed by atoms with Gasteiger partial charge in [0.2, 0.25) is 10.0 Å². The van der Waals surface area contributed by atoms with E-state index in [4.69, 9.17) is 0 Å². The summed E-state index contributed by atoms with van der Waals surface area (Å²) in [4.78, 5) is 13.0. The zero-order valence-electron chi connectivity index (χ0n) is 17.1. The van der Waals surface area contributed by atoms with Crippen molar-refractivity contribution in [1.82, 2.24) is 19.9 Å². The molecule has 0 saturated carbocycles. The number of rotatable bonds is 6. The Hall–Kier alpha value is -2.94. The third kappa shape index (κ3) is 3.89. The predicted octanol–water partition coefficient (Wildman–Crippen LogP) is 2.71. The van der Waals surface area contributed by atoms with Gasteiger partial charge in [-0.15, -0.1) is 10.2 Å². The molecule has 4 rings (SSSR count). The zero-order chi connectivity index (χ0) is 21.3. The molecule has 0 bridgehead atoms. The molecule has 1 N–H and O–H groups in total. The van der Waals surface area contributed by atoms with Crippen LogP contribution in [0.25, 0.3) is 5.65 Å². The maximum Gasteiger partial charge on any atom is 0.251 e. The number of sulfonamides is 1. The van der Waals surface area contributed by atoms with Gasteiger partial charge in [-0.25, -0.2) is 8.42 Å². The summed E-state index contributed by atoms with van der Waals surface area (Å²) < 4.78 is 27.4. The highest BCUT2D eigenvalue weighted by atomic mass is 32.2. The topological polar surface area (TPSA) is 96.7 Å². The molecular weight excluding hydrogens is 402 g/mol. The van der Waals surface area contributed by atoms with E-state index >= 15 is 0 Å². The second-order valence-electron chi connectivity index (χ2n) is 7.58. The molecule has 3 heterocycles. The lowest BCUT2D eigenvalue weighted by molar-refractivity contribution is 0.0932. The van der Waals surface area contributed by atoms with Crippen LogP contribution in [0.3, 0.4) is 0 Å². The van der Waals surface area contributed by atoms with Crippen LogP contribution in [0.5, 0.6) is 0 Å². The molecule has 158 valence electrons. The fraction of sp³-hybridized carbons (Fsp3) is 0.381. The van der Waals surface area contributed by atoms with Gasteiger partial charge >= 0.3 is 0 Å².